The lowest BCUT2D eigenvalue weighted by Crippen LogP contribution is -2.52. The van der Waals surface area contributed by atoms with Gasteiger partial charge in [-0.05, 0) is 37.1 Å². The van der Waals surface area contributed by atoms with E-state index in [1.165, 1.54) is 6.92 Å². The molecule has 8 nitrogen and oxygen atoms in total. The summed E-state index contributed by atoms with van der Waals surface area (Å²) in [5, 5.41) is 15.1. The Morgan fingerprint density at radius 1 is 1.11 bits per heavy atom. The predicted octanol–water partition coefficient (Wildman–Crippen LogP) is 1.53. The highest BCUT2D eigenvalue weighted by Crippen LogP contribution is 2.23. The van der Waals surface area contributed by atoms with Gasteiger partial charge in [-0.25, -0.2) is 4.79 Å². The largest absolute Gasteiger partial charge is 0.497 e. The maximum Gasteiger partial charge on any atom is 0.326 e. The Hall–Kier alpha value is -3.03. The third-order valence-corrected chi connectivity index (χ3v) is 4.45. The van der Waals surface area contributed by atoms with Gasteiger partial charge in [0.15, 0.2) is 0 Å². The molecule has 2 unspecified atom stereocenters. The standard InChI is InChI=1S/C19H25N3O5/c1-10(2)16(19(25)26)21-17(23)11(3)20-18(24)15-9-12-8-13(27-5)6-7-14(12)22(15)4/h6-11,16H,1-5H3,(H,20,24)(H,21,23)(H,25,26). The number of aromatic nitrogens is 1. The van der Waals surface area contributed by atoms with E-state index < -0.39 is 29.9 Å². The summed E-state index contributed by atoms with van der Waals surface area (Å²) in [6.45, 7) is 4.91. The highest BCUT2D eigenvalue weighted by Gasteiger charge is 2.27. The van der Waals surface area contributed by atoms with Crippen molar-refractivity contribution < 1.29 is 24.2 Å². The minimum absolute atomic E-state index is 0.275. The first-order chi connectivity index (χ1) is 12.6. The molecule has 1 heterocycles. The van der Waals surface area contributed by atoms with Crippen LogP contribution in [0.15, 0.2) is 24.3 Å². The van der Waals surface area contributed by atoms with Crippen molar-refractivity contribution >= 4 is 28.7 Å². The van der Waals surface area contributed by atoms with Crippen LogP contribution >= 0.6 is 0 Å². The zero-order valence-corrected chi connectivity index (χ0v) is 16.1. The summed E-state index contributed by atoms with van der Waals surface area (Å²) < 4.78 is 6.92. The number of fused-ring (bicyclic) bond motifs is 1. The summed E-state index contributed by atoms with van der Waals surface area (Å²) in [6, 6.07) is 5.29. The molecule has 0 saturated carbocycles. The van der Waals surface area contributed by atoms with Gasteiger partial charge in [-0.2, -0.15) is 0 Å². The molecule has 0 bridgehead atoms. The fraction of sp³-hybridized carbons (Fsp3) is 0.421. The number of rotatable bonds is 7. The van der Waals surface area contributed by atoms with Crippen LogP contribution in [0.25, 0.3) is 10.9 Å². The number of aryl methyl sites for hydroxylation is 1. The van der Waals surface area contributed by atoms with Crippen molar-refractivity contribution in [3.63, 3.8) is 0 Å². The van der Waals surface area contributed by atoms with Crippen LogP contribution in [-0.4, -0.2) is 46.7 Å². The Morgan fingerprint density at radius 3 is 2.33 bits per heavy atom. The third kappa shape index (κ3) is 4.39. The number of benzene rings is 1. The van der Waals surface area contributed by atoms with Gasteiger partial charge >= 0.3 is 5.97 Å². The maximum absolute atomic E-state index is 12.6. The first-order valence-electron chi connectivity index (χ1n) is 8.63. The molecule has 0 fully saturated rings. The molecule has 3 N–H and O–H groups in total. The lowest BCUT2D eigenvalue weighted by atomic mass is 10.0. The Morgan fingerprint density at radius 2 is 1.78 bits per heavy atom. The fourth-order valence-corrected chi connectivity index (χ4v) is 2.80. The molecule has 1 aromatic heterocycles. The topological polar surface area (TPSA) is 110 Å². The first kappa shape index (κ1) is 20.3. The van der Waals surface area contributed by atoms with Crippen molar-refractivity contribution in [2.45, 2.75) is 32.9 Å². The molecule has 0 radical (unpaired) electrons. The Labute approximate surface area is 157 Å². The Balaban J connectivity index is 2.14. The average Bonchev–Trinajstić information content (AvgIpc) is 2.94. The van der Waals surface area contributed by atoms with E-state index in [4.69, 9.17) is 4.74 Å². The molecule has 2 aromatic rings. The van der Waals surface area contributed by atoms with E-state index in [0.29, 0.717) is 11.4 Å². The summed E-state index contributed by atoms with van der Waals surface area (Å²) in [6.07, 6.45) is 0. The number of amides is 2. The van der Waals surface area contributed by atoms with Gasteiger partial charge in [0.05, 0.1) is 7.11 Å². The van der Waals surface area contributed by atoms with E-state index in [0.717, 1.165) is 10.9 Å². The number of carbonyl (C=O) groups is 3. The number of carboxylic acid groups (broad SMARTS) is 1. The van der Waals surface area contributed by atoms with Gasteiger partial charge in [0.25, 0.3) is 5.91 Å². The zero-order valence-electron chi connectivity index (χ0n) is 16.1. The second-order valence-corrected chi connectivity index (χ2v) is 6.78. The highest BCUT2D eigenvalue weighted by molar-refractivity contribution is 6.01. The van der Waals surface area contributed by atoms with Crippen molar-refractivity contribution in [1.82, 2.24) is 15.2 Å². The second-order valence-electron chi connectivity index (χ2n) is 6.78. The number of carboxylic acids is 1. The molecule has 0 saturated heterocycles. The SMILES string of the molecule is COc1ccc2c(c1)cc(C(=O)NC(C)C(=O)NC(C(=O)O)C(C)C)n2C. The second kappa shape index (κ2) is 8.11. The summed E-state index contributed by atoms with van der Waals surface area (Å²) in [4.78, 5) is 36.1. The van der Waals surface area contributed by atoms with Crippen molar-refractivity contribution in [2.24, 2.45) is 13.0 Å². The Kier molecular flexibility index (Phi) is 6.09. The van der Waals surface area contributed by atoms with Crippen LogP contribution in [0.4, 0.5) is 0 Å². The van der Waals surface area contributed by atoms with Gasteiger partial charge in [0.2, 0.25) is 5.91 Å². The quantitative estimate of drug-likeness (QED) is 0.680. The molecule has 0 aliphatic heterocycles. The molecular weight excluding hydrogens is 350 g/mol. The summed E-state index contributed by atoms with van der Waals surface area (Å²) in [7, 11) is 3.33. The van der Waals surface area contributed by atoms with Crippen LogP contribution in [0.2, 0.25) is 0 Å². The highest BCUT2D eigenvalue weighted by atomic mass is 16.5. The van der Waals surface area contributed by atoms with Crippen LogP contribution < -0.4 is 15.4 Å². The summed E-state index contributed by atoms with van der Waals surface area (Å²) >= 11 is 0. The normalized spacial score (nSPS) is 13.3. The number of aliphatic carboxylic acids is 1. The van der Waals surface area contributed by atoms with E-state index >= 15 is 0 Å². The predicted molar refractivity (Wildman–Crippen MR) is 101 cm³/mol. The van der Waals surface area contributed by atoms with Crippen LogP contribution in [0.3, 0.4) is 0 Å². The van der Waals surface area contributed by atoms with E-state index in [-0.39, 0.29) is 5.92 Å². The van der Waals surface area contributed by atoms with Gasteiger partial charge < -0.3 is 25.0 Å². The van der Waals surface area contributed by atoms with Gasteiger partial charge in [-0.15, -0.1) is 0 Å². The molecule has 27 heavy (non-hydrogen) atoms. The molecule has 2 amide bonds. The molecule has 0 aliphatic carbocycles. The smallest absolute Gasteiger partial charge is 0.326 e. The van der Waals surface area contributed by atoms with Crippen LogP contribution in [-0.2, 0) is 16.6 Å². The minimum Gasteiger partial charge on any atom is -0.497 e. The van der Waals surface area contributed by atoms with Gasteiger partial charge in [0.1, 0.15) is 23.5 Å². The molecule has 1 aromatic carbocycles. The van der Waals surface area contributed by atoms with Gasteiger partial charge in [-0.3, -0.25) is 9.59 Å². The monoisotopic (exact) mass is 375 g/mol. The number of hydrogen-bond acceptors (Lipinski definition) is 4. The number of carbonyl (C=O) groups excluding carboxylic acids is 2. The van der Waals surface area contributed by atoms with Crippen molar-refractivity contribution in [3.8, 4) is 5.75 Å². The van der Waals surface area contributed by atoms with E-state index in [9.17, 15) is 19.5 Å². The zero-order chi connectivity index (χ0) is 20.3. The summed E-state index contributed by atoms with van der Waals surface area (Å²) in [5.74, 6) is -1.68. The minimum atomic E-state index is -1.11. The van der Waals surface area contributed by atoms with E-state index in [1.54, 1.807) is 44.7 Å². The molecule has 0 spiro atoms. The van der Waals surface area contributed by atoms with Crippen LogP contribution in [0.1, 0.15) is 31.3 Å². The Bertz CT molecular complexity index is 872. The van der Waals surface area contributed by atoms with Crippen LogP contribution in [0, 0.1) is 5.92 Å². The average molecular weight is 375 g/mol. The van der Waals surface area contributed by atoms with Gasteiger partial charge in [-0.1, -0.05) is 13.8 Å². The van der Waals surface area contributed by atoms with Crippen molar-refractivity contribution in [3.05, 3.63) is 30.0 Å². The number of nitrogens with zero attached hydrogens (tertiary/aromatic N) is 1. The van der Waals surface area contributed by atoms with Crippen LogP contribution in [0.5, 0.6) is 5.75 Å². The maximum atomic E-state index is 12.6. The third-order valence-electron chi connectivity index (χ3n) is 4.45. The van der Waals surface area contributed by atoms with Crippen molar-refractivity contribution in [2.75, 3.05) is 7.11 Å². The molecular formula is C19H25N3O5. The number of methoxy groups -OCH3 is 1. The number of ether oxygens (including phenoxy) is 1. The first-order valence-corrected chi connectivity index (χ1v) is 8.63. The molecule has 8 heteroatoms. The number of nitrogens with one attached hydrogen (secondary N) is 2. The number of hydrogen-bond donors (Lipinski definition) is 3. The molecule has 0 aliphatic rings. The van der Waals surface area contributed by atoms with E-state index in [1.807, 2.05) is 12.1 Å². The molecule has 2 rings (SSSR count). The molecule has 2 atom stereocenters. The van der Waals surface area contributed by atoms with Gasteiger partial charge in [0, 0.05) is 18.0 Å². The van der Waals surface area contributed by atoms with E-state index in [2.05, 4.69) is 10.6 Å². The molecule has 146 valence electrons. The lowest BCUT2D eigenvalue weighted by molar-refractivity contribution is -0.143. The summed E-state index contributed by atoms with van der Waals surface area (Å²) in [5.41, 5.74) is 1.24. The lowest BCUT2D eigenvalue weighted by Gasteiger charge is -2.21. The fourth-order valence-electron chi connectivity index (χ4n) is 2.80. The van der Waals surface area contributed by atoms with Crippen molar-refractivity contribution in [1.29, 1.82) is 0 Å².